The number of hydrogen-bond acceptors (Lipinski definition) is 2. The van der Waals surface area contributed by atoms with Crippen molar-refractivity contribution < 1.29 is 9.90 Å². The van der Waals surface area contributed by atoms with Gasteiger partial charge in [-0.1, -0.05) is 44.2 Å². The van der Waals surface area contributed by atoms with Gasteiger partial charge in [0.15, 0.2) is 0 Å². The van der Waals surface area contributed by atoms with Gasteiger partial charge in [-0.25, -0.2) is 4.79 Å². The Morgan fingerprint density at radius 1 is 1.25 bits per heavy atom. The summed E-state index contributed by atoms with van der Waals surface area (Å²) < 4.78 is 0. The average Bonchev–Trinajstić information content (AvgIpc) is 2.31. The SMILES string of the molecule is CCN(CC)[C@](C)(C(=O)O)c1ccccc1. The maximum absolute atomic E-state index is 11.5. The highest BCUT2D eigenvalue weighted by atomic mass is 16.4. The van der Waals surface area contributed by atoms with Crippen molar-refractivity contribution in [3.05, 3.63) is 35.9 Å². The first-order valence-electron chi connectivity index (χ1n) is 5.61. The van der Waals surface area contributed by atoms with Crippen LogP contribution in [0.5, 0.6) is 0 Å². The van der Waals surface area contributed by atoms with Gasteiger partial charge in [-0.3, -0.25) is 4.90 Å². The first kappa shape index (κ1) is 12.7. The number of carboxylic acids is 1. The van der Waals surface area contributed by atoms with E-state index in [0.717, 1.165) is 5.56 Å². The molecule has 0 aliphatic heterocycles. The molecule has 0 radical (unpaired) electrons. The third-order valence-electron chi connectivity index (χ3n) is 3.15. The molecule has 0 saturated carbocycles. The van der Waals surface area contributed by atoms with E-state index in [1.165, 1.54) is 0 Å². The molecule has 1 N–H and O–H groups in total. The smallest absolute Gasteiger partial charge is 0.328 e. The van der Waals surface area contributed by atoms with Crippen molar-refractivity contribution in [2.45, 2.75) is 26.3 Å². The van der Waals surface area contributed by atoms with Crippen LogP contribution in [0.4, 0.5) is 0 Å². The molecule has 0 amide bonds. The Hall–Kier alpha value is -1.35. The Morgan fingerprint density at radius 3 is 2.12 bits per heavy atom. The van der Waals surface area contributed by atoms with Gasteiger partial charge >= 0.3 is 5.97 Å². The van der Waals surface area contributed by atoms with Crippen LogP contribution in [0.1, 0.15) is 26.3 Å². The molecular formula is C13H19NO2. The quantitative estimate of drug-likeness (QED) is 0.829. The van der Waals surface area contributed by atoms with E-state index in [1.54, 1.807) is 6.92 Å². The summed E-state index contributed by atoms with van der Waals surface area (Å²) in [7, 11) is 0. The first-order valence-corrected chi connectivity index (χ1v) is 5.61. The van der Waals surface area contributed by atoms with E-state index >= 15 is 0 Å². The monoisotopic (exact) mass is 221 g/mol. The second-order valence-corrected chi connectivity index (χ2v) is 3.92. The fraction of sp³-hybridized carbons (Fsp3) is 0.462. The van der Waals surface area contributed by atoms with Crippen molar-refractivity contribution in [1.29, 1.82) is 0 Å². The van der Waals surface area contributed by atoms with Crippen LogP contribution in [0, 0.1) is 0 Å². The van der Waals surface area contributed by atoms with Crippen LogP contribution in [0.2, 0.25) is 0 Å². The lowest BCUT2D eigenvalue weighted by Crippen LogP contribution is -2.49. The lowest BCUT2D eigenvalue weighted by molar-refractivity contribution is -0.151. The molecule has 1 aromatic rings. The number of nitrogens with zero attached hydrogens (tertiary/aromatic N) is 1. The van der Waals surface area contributed by atoms with E-state index in [0.29, 0.717) is 13.1 Å². The molecule has 1 aromatic carbocycles. The summed E-state index contributed by atoms with van der Waals surface area (Å²) in [6.45, 7) is 7.15. The highest BCUT2D eigenvalue weighted by molar-refractivity contribution is 5.80. The third-order valence-corrected chi connectivity index (χ3v) is 3.15. The third kappa shape index (κ3) is 2.09. The molecular weight excluding hydrogens is 202 g/mol. The van der Waals surface area contributed by atoms with Gasteiger partial charge in [0.25, 0.3) is 0 Å². The molecule has 16 heavy (non-hydrogen) atoms. The van der Waals surface area contributed by atoms with Crippen LogP contribution in [0.15, 0.2) is 30.3 Å². The zero-order valence-corrected chi connectivity index (χ0v) is 10.1. The second-order valence-electron chi connectivity index (χ2n) is 3.92. The van der Waals surface area contributed by atoms with Gasteiger partial charge in [0, 0.05) is 0 Å². The molecule has 3 heteroatoms. The minimum atomic E-state index is -0.940. The molecule has 0 fully saturated rings. The average molecular weight is 221 g/mol. The van der Waals surface area contributed by atoms with Crippen molar-refractivity contribution in [1.82, 2.24) is 4.90 Å². The van der Waals surface area contributed by atoms with Crippen LogP contribution < -0.4 is 0 Å². The number of aliphatic carboxylic acids is 1. The normalized spacial score (nSPS) is 14.8. The summed E-state index contributed by atoms with van der Waals surface area (Å²) in [4.78, 5) is 13.5. The number of likely N-dealkylation sites (N-methyl/N-ethyl adjacent to an activating group) is 1. The van der Waals surface area contributed by atoms with Crippen molar-refractivity contribution in [3.63, 3.8) is 0 Å². The van der Waals surface area contributed by atoms with E-state index in [4.69, 9.17) is 0 Å². The van der Waals surface area contributed by atoms with E-state index in [9.17, 15) is 9.90 Å². The van der Waals surface area contributed by atoms with Crippen molar-refractivity contribution in [2.75, 3.05) is 13.1 Å². The van der Waals surface area contributed by atoms with Gasteiger partial charge in [0.05, 0.1) is 0 Å². The summed E-state index contributed by atoms with van der Waals surface area (Å²) in [6.07, 6.45) is 0. The maximum atomic E-state index is 11.5. The Morgan fingerprint density at radius 2 is 1.75 bits per heavy atom. The first-order chi connectivity index (χ1) is 7.57. The van der Waals surface area contributed by atoms with E-state index in [2.05, 4.69) is 0 Å². The van der Waals surface area contributed by atoms with Crippen LogP contribution in [0.3, 0.4) is 0 Å². The second kappa shape index (κ2) is 5.12. The molecule has 0 unspecified atom stereocenters. The summed E-state index contributed by atoms with van der Waals surface area (Å²) in [6, 6.07) is 9.38. The molecule has 0 spiro atoms. The lowest BCUT2D eigenvalue weighted by atomic mass is 9.90. The molecule has 1 rings (SSSR count). The number of benzene rings is 1. The number of carboxylic acid groups (broad SMARTS) is 1. The maximum Gasteiger partial charge on any atom is 0.328 e. The zero-order chi connectivity index (χ0) is 12.2. The number of hydrogen-bond donors (Lipinski definition) is 1. The van der Waals surface area contributed by atoms with E-state index in [1.807, 2.05) is 49.1 Å². The molecule has 88 valence electrons. The van der Waals surface area contributed by atoms with Gasteiger partial charge in [0.1, 0.15) is 5.54 Å². The molecule has 0 bridgehead atoms. The molecule has 1 atom stereocenters. The number of rotatable bonds is 5. The fourth-order valence-electron chi connectivity index (χ4n) is 2.06. The summed E-state index contributed by atoms with van der Waals surface area (Å²) in [5.41, 5.74) is -0.115. The van der Waals surface area contributed by atoms with Gasteiger partial charge in [-0.05, 0) is 25.6 Å². The highest BCUT2D eigenvalue weighted by Crippen LogP contribution is 2.28. The van der Waals surface area contributed by atoms with Crippen LogP contribution >= 0.6 is 0 Å². The summed E-state index contributed by atoms with van der Waals surface area (Å²) in [5, 5.41) is 9.48. The molecule has 0 aliphatic carbocycles. The van der Waals surface area contributed by atoms with Gasteiger partial charge in [-0.2, -0.15) is 0 Å². The van der Waals surface area contributed by atoms with Crippen molar-refractivity contribution >= 4 is 5.97 Å². The lowest BCUT2D eigenvalue weighted by Gasteiger charge is -2.36. The van der Waals surface area contributed by atoms with Gasteiger partial charge in [0.2, 0.25) is 0 Å². The van der Waals surface area contributed by atoms with E-state index in [-0.39, 0.29) is 0 Å². The Balaban J connectivity index is 3.21. The van der Waals surface area contributed by atoms with E-state index < -0.39 is 11.5 Å². The Kier molecular flexibility index (Phi) is 4.07. The molecule has 0 aliphatic rings. The van der Waals surface area contributed by atoms with Crippen LogP contribution in [0.25, 0.3) is 0 Å². The van der Waals surface area contributed by atoms with Crippen LogP contribution in [-0.2, 0) is 10.3 Å². The molecule has 0 saturated heterocycles. The Bertz CT molecular complexity index is 346. The highest BCUT2D eigenvalue weighted by Gasteiger charge is 2.39. The molecule has 3 nitrogen and oxygen atoms in total. The predicted octanol–water partition coefficient (Wildman–Crippen LogP) is 2.33. The zero-order valence-electron chi connectivity index (χ0n) is 10.1. The summed E-state index contributed by atoms with van der Waals surface area (Å²) in [5.74, 6) is -0.803. The summed E-state index contributed by atoms with van der Waals surface area (Å²) >= 11 is 0. The standard InChI is InChI=1S/C13H19NO2/c1-4-14(5-2)13(3,12(15)16)11-9-7-6-8-10-11/h6-10H,4-5H2,1-3H3,(H,15,16)/t13-/m0/s1. The van der Waals surface area contributed by atoms with Gasteiger partial charge in [-0.15, -0.1) is 0 Å². The van der Waals surface area contributed by atoms with Crippen molar-refractivity contribution in [2.24, 2.45) is 0 Å². The Labute approximate surface area is 96.7 Å². The molecule has 0 heterocycles. The molecule has 0 aromatic heterocycles. The fourth-order valence-corrected chi connectivity index (χ4v) is 2.06. The largest absolute Gasteiger partial charge is 0.480 e. The minimum Gasteiger partial charge on any atom is -0.480 e. The number of carbonyl (C=O) groups is 1. The van der Waals surface area contributed by atoms with Crippen molar-refractivity contribution in [3.8, 4) is 0 Å². The predicted molar refractivity (Wildman–Crippen MR) is 64.4 cm³/mol. The van der Waals surface area contributed by atoms with Crippen LogP contribution in [-0.4, -0.2) is 29.1 Å². The minimum absolute atomic E-state index is 0.716. The topological polar surface area (TPSA) is 40.5 Å². The van der Waals surface area contributed by atoms with Gasteiger partial charge < -0.3 is 5.11 Å².